The number of methoxy groups -OCH3 is 1. The molecule has 2 N–H and O–H groups in total. The number of ether oxygens (including phenoxy) is 1. The van der Waals surface area contributed by atoms with E-state index in [-0.39, 0.29) is 23.7 Å². The summed E-state index contributed by atoms with van der Waals surface area (Å²) in [5.41, 5.74) is 5.79. The van der Waals surface area contributed by atoms with Crippen LogP contribution in [0.5, 0.6) is 5.75 Å². The van der Waals surface area contributed by atoms with Gasteiger partial charge in [-0.15, -0.1) is 0 Å². The summed E-state index contributed by atoms with van der Waals surface area (Å²) in [6, 6.07) is 12.7. The second-order valence-corrected chi connectivity index (χ2v) is 7.46. The van der Waals surface area contributed by atoms with E-state index in [0.717, 1.165) is 11.6 Å². The number of hydrogen-bond donors (Lipinski definition) is 1. The Hall–Kier alpha value is -2.49. The summed E-state index contributed by atoms with van der Waals surface area (Å²) < 4.78 is 32.4. The van der Waals surface area contributed by atoms with E-state index in [1.54, 1.807) is 24.3 Å². The average Bonchev–Trinajstić information content (AvgIpc) is 2.65. The standard InChI is InChI=1S/C17H21N3O5S/c1-25-15-8-9-17(16(12-15)20(21)22)26(23,24)19(11-5-10-18)13-14-6-3-2-4-7-14/h2-4,6-9,12H,5,10-11,13,18H2,1H3. The van der Waals surface area contributed by atoms with Crippen LogP contribution in [0.1, 0.15) is 12.0 Å². The Kier molecular flexibility index (Phi) is 6.67. The molecule has 0 aliphatic heterocycles. The minimum absolute atomic E-state index is 0.104. The quantitative estimate of drug-likeness (QED) is 0.527. The Labute approximate surface area is 152 Å². The highest BCUT2D eigenvalue weighted by molar-refractivity contribution is 7.89. The maximum atomic E-state index is 13.1. The van der Waals surface area contributed by atoms with Gasteiger partial charge in [0.2, 0.25) is 10.0 Å². The monoisotopic (exact) mass is 379 g/mol. The highest BCUT2D eigenvalue weighted by Crippen LogP contribution is 2.31. The zero-order valence-corrected chi connectivity index (χ0v) is 15.2. The maximum absolute atomic E-state index is 13.1. The molecule has 0 aliphatic carbocycles. The Morgan fingerprint density at radius 2 is 1.88 bits per heavy atom. The average molecular weight is 379 g/mol. The summed E-state index contributed by atoms with van der Waals surface area (Å²) in [7, 11) is -2.73. The molecule has 2 aromatic carbocycles. The van der Waals surface area contributed by atoms with Crippen molar-refractivity contribution in [3.63, 3.8) is 0 Å². The SMILES string of the molecule is COc1ccc(S(=O)(=O)N(CCCN)Cc2ccccc2)c([N+](=O)[O-])c1. The Balaban J connectivity index is 2.47. The highest BCUT2D eigenvalue weighted by Gasteiger charge is 2.32. The summed E-state index contributed by atoms with van der Waals surface area (Å²) in [6.45, 7) is 0.578. The lowest BCUT2D eigenvalue weighted by Gasteiger charge is -2.22. The number of nitro benzene ring substituents is 1. The Morgan fingerprint density at radius 3 is 2.46 bits per heavy atom. The first-order valence-corrected chi connectivity index (χ1v) is 9.40. The van der Waals surface area contributed by atoms with E-state index < -0.39 is 20.6 Å². The van der Waals surface area contributed by atoms with Gasteiger partial charge in [-0.1, -0.05) is 30.3 Å². The number of nitro groups is 1. The van der Waals surface area contributed by atoms with E-state index in [2.05, 4.69) is 0 Å². The van der Waals surface area contributed by atoms with Crippen LogP contribution in [-0.2, 0) is 16.6 Å². The van der Waals surface area contributed by atoms with Gasteiger partial charge in [-0.05, 0) is 30.7 Å². The zero-order chi connectivity index (χ0) is 19.2. The summed E-state index contributed by atoms with van der Waals surface area (Å²) in [4.78, 5) is 10.3. The molecule has 0 spiro atoms. The predicted octanol–water partition coefficient (Wildman–Crippen LogP) is 2.14. The van der Waals surface area contributed by atoms with E-state index in [9.17, 15) is 18.5 Å². The predicted molar refractivity (Wildman–Crippen MR) is 97.4 cm³/mol. The van der Waals surface area contributed by atoms with Crippen molar-refractivity contribution in [2.24, 2.45) is 5.73 Å². The van der Waals surface area contributed by atoms with Gasteiger partial charge in [-0.2, -0.15) is 4.31 Å². The van der Waals surface area contributed by atoms with E-state index in [0.29, 0.717) is 13.0 Å². The first-order chi connectivity index (χ1) is 12.4. The van der Waals surface area contributed by atoms with Crippen LogP contribution in [-0.4, -0.2) is 37.8 Å². The van der Waals surface area contributed by atoms with Crippen molar-refractivity contribution >= 4 is 15.7 Å². The minimum Gasteiger partial charge on any atom is -0.497 e. The van der Waals surface area contributed by atoms with Gasteiger partial charge < -0.3 is 10.5 Å². The fourth-order valence-corrected chi connectivity index (χ4v) is 4.07. The molecule has 140 valence electrons. The van der Waals surface area contributed by atoms with Crippen molar-refractivity contribution in [2.45, 2.75) is 17.9 Å². The van der Waals surface area contributed by atoms with Crippen LogP contribution in [0.4, 0.5) is 5.69 Å². The van der Waals surface area contributed by atoms with Crippen LogP contribution in [0.25, 0.3) is 0 Å². The molecule has 0 unspecified atom stereocenters. The third kappa shape index (κ3) is 4.57. The van der Waals surface area contributed by atoms with Gasteiger partial charge in [0.1, 0.15) is 5.75 Å². The number of nitrogens with two attached hydrogens (primary N) is 1. The number of sulfonamides is 1. The molecule has 26 heavy (non-hydrogen) atoms. The van der Waals surface area contributed by atoms with Gasteiger partial charge in [0, 0.05) is 13.1 Å². The molecule has 0 bridgehead atoms. The number of hydrogen-bond acceptors (Lipinski definition) is 6. The summed E-state index contributed by atoms with van der Waals surface area (Å²) in [6.07, 6.45) is 0.440. The third-order valence-corrected chi connectivity index (χ3v) is 5.69. The number of rotatable bonds is 9. The van der Waals surface area contributed by atoms with Crippen LogP contribution in [0, 0.1) is 10.1 Å². The first-order valence-electron chi connectivity index (χ1n) is 7.96. The second kappa shape index (κ2) is 8.75. The van der Waals surface area contributed by atoms with Crippen molar-refractivity contribution in [3.8, 4) is 5.75 Å². The Morgan fingerprint density at radius 1 is 1.19 bits per heavy atom. The largest absolute Gasteiger partial charge is 0.497 e. The van der Waals surface area contributed by atoms with Crippen LogP contribution >= 0.6 is 0 Å². The molecule has 0 aromatic heterocycles. The van der Waals surface area contributed by atoms with Crippen molar-refractivity contribution in [1.29, 1.82) is 0 Å². The smallest absolute Gasteiger partial charge is 0.293 e. The highest BCUT2D eigenvalue weighted by atomic mass is 32.2. The van der Waals surface area contributed by atoms with E-state index in [1.165, 1.54) is 23.5 Å². The van der Waals surface area contributed by atoms with E-state index in [4.69, 9.17) is 10.5 Å². The van der Waals surface area contributed by atoms with Gasteiger partial charge in [0.15, 0.2) is 4.90 Å². The molecule has 9 heteroatoms. The molecular formula is C17H21N3O5S. The fourth-order valence-electron chi connectivity index (χ4n) is 2.46. The summed E-state index contributed by atoms with van der Waals surface area (Å²) >= 11 is 0. The van der Waals surface area contributed by atoms with E-state index in [1.807, 2.05) is 6.07 Å². The number of benzene rings is 2. The second-order valence-electron chi connectivity index (χ2n) is 5.56. The molecule has 0 fully saturated rings. The maximum Gasteiger partial charge on any atom is 0.293 e. The molecule has 0 aliphatic rings. The van der Waals surface area contributed by atoms with Crippen LogP contribution in [0.2, 0.25) is 0 Å². The van der Waals surface area contributed by atoms with Gasteiger partial charge in [-0.3, -0.25) is 10.1 Å². The van der Waals surface area contributed by atoms with Gasteiger partial charge >= 0.3 is 0 Å². The van der Waals surface area contributed by atoms with Crippen molar-refractivity contribution in [3.05, 3.63) is 64.2 Å². The molecule has 0 atom stereocenters. The first kappa shape index (κ1) is 19.8. The molecule has 0 amide bonds. The molecule has 2 rings (SSSR count). The molecule has 0 radical (unpaired) electrons. The topological polar surface area (TPSA) is 116 Å². The summed E-state index contributed by atoms with van der Waals surface area (Å²) in [5.74, 6) is 0.215. The zero-order valence-electron chi connectivity index (χ0n) is 14.4. The molecule has 0 saturated carbocycles. The third-order valence-electron chi connectivity index (χ3n) is 3.79. The van der Waals surface area contributed by atoms with Crippen LogP contribution in [0.15, 0.2) is 53.4 Å². The van der Waals surface area contributed by atoms with Crippen molar-refractivity contribution in [2.75, 3.05) is 20.2 Å². The number of nitrogens with zero attached hydrogens (tertiary/aromatic N) is 2. The molecular weight excluding hydrogens is 358 g/mol. The fraction of sp³-hybridized carbons (Fsp3) is 0.294. The lowest BCUT2D eigenvalue weighted by atomic mass is 10.2. The minimum atomic E-state index is -4.09. The molecule has 2 aromatic rings. The normalized spacial score (nSPS) is 11.5. The van der Waals surface area contributed by atoms with Gasteiger partial charge in [0.05, 0.1) is 18.1 Å². The molecule has 0 saturated heterocycles. The lowest BCUT2D eigenvalue weighted by Crippen LogP contribution is -2.33. The van der Waals surface area contributed by atoms with Crippen LogP contribution < -0.4 is 10.5 Å². The summed E-state index contributed by atoms with van der Waals surface area (Å²) in [5, 5.41) is 11.4. The lowest BCUT2D eigenvalue weighted by molar-refractivity contribution is -0.387. The Bertz CT molecular complexity index is 856. The van der Waals surface area contributed by atoms with Gasteiger partial charge in [-0.25, -0.2) is 8.42 Å². The molecule has 8 nitrogen and oxygen atoms in total. The van der Waals surface area contributed by atoms with Gasteiger partial charge in [0.25, 0.3) is 5.69 Å². The van der Waals surface area contributed by atoms with E-state index >= 15 is 0 Å². The molecule has 0 heterocycles. The van der Waals surface area contributed by atoms with Crippen LogP contribution in [0.3, 0.4) is 0 Å². The van der Waals surface area contributed by atoms with Crippen molar-refractivity contribution < 1.29 is 18.1 Å². The van der Waals surface area contributed by atoms with Crippen molar-refractivity contribution in [1.82, 2.24) is 4.31 Å².